The van der Waals surface area contributed by atoms with Crippen molar-refractivity contribution >= 4 is 46.0 Å². The molecule has 0 bridgehead atoms. The van der Waals surface area contributed by atoms with E-state index in [0.717, 1.165) is 27.2 Å². The number of hydrogen-bond acceptors (Lipinski definition) is 3. The Balaban J connectivity index is 1.70. The highest BCUT2D eigenvalue weighted by Gasteiger charge is 2.17. The molecule has 0 fully saturated rings. The maximum absolute atomic E-state index is 12.8. The summed E-state index contributed by atoms with van der Waals surface area (Å²) >= 11 is 8.04. The molecule has 0 radical (unpaired) electrons. The quantitative estimate of drug-likeness (QED) is 0.430. The van der Waals surface area contributed by atoms with E-state index in [-0.39, 0.29) is 12.5 Å². The van der Waals surface area contributed by atoms with Crippen LogP contribution in [0.5, 0.6) is 0 Å². The summed E-state index contributed by atoms with van der Waals surface area (Å²) in [4.78, 5) is 18.6. The molecule has 0 saturated carbocycles. The van der Waals surface area contributed by atoms with Crippen molar-refractivity contribution in [2.75, 3.05) is 11.6 Å². The maximum atomic E-state index is 12.8. The molecule has 0 spiro atoms. The zero-order valence-corrected chi connectivity index (χ0v) is 16.8. The van der Waals surface area contributed by atoms with Crippen LogP contribution in [0.1, 0.15) is 0 Å². The monoisotopic (exact) mass is 407 g/mol. The third kappa shape index (κ3) is 3.77. The number of carbonyl (C=O) groups is 1. The van der Waals surface area contributed by atoms with Crippen molar-refractivity contribution in [3.05, 3.63) is 77.8 Å². The lowest BCUT2D eigenvalue weighted by Gasteiger charge is -2.11. The molecule has 1 heterocycles. The van der Waals surface area contributed by atoms with Crippen molar-refractivity contribution in [3.8, 4) is 11.4 Å². The number of nitrogens with one attached hydrogen (secondary N) is 1. The summed E-state index contributed by atoms with van der Waals surface area (Å²) in [5.74, 6) is 0.564. The van der Waals surface area contributed by atoms with Crippen LogP contribution < -0.4 is 5.32 Å². The van der Waals surface area contributed by atoms with Crippen LogP contribution in [0.4, 0.5) is 5.69 Å². The molecule has 6 heteroatoms. The lowest BCUT2D eigenvalue weighted by atomic mass is 10.2. The molecular weight excluding hydrogens is 390 g/mol. The summed E-state index contributed by atoms with van der Waals surface area (Å²) in [6, 6.07) is 23.1. The van der Waals surface area contributed by atoms with Gasteiger partial charge < -0.3 is 9.88 Å². The number of anilines is 1. The summed E-state index contributed by atoms with van der Waals surface area (Å²) in [5, 5.41) is 3.58. The largest absolute Gasteiger partial charge is 0.324 e. The first kappa shape index (κ1) is 18.6. The minimum Gasteiger partial charge on any atom is -0.324 e. The fourth-order valence-corrected chi connectivity index (χ4v) is 3.81. The van der Waals surface area contributed by atoms with E-state index >= 15 is 0 Å². The van der Waals surface area contributed by atoms with Crippen molar-refractivity contribution in [3.63, 3.8) is 0 Å². The zero-order chi connectivity index (χ0) is 19.5. The Morgan fingerprint density at radius 2 is 1.86 bits per heavy atom. The van der Waals surface area contributed by atoms with E-state index in [1.54, 1.807) is 11.8 Å². The number of benzene rings is 3. The molecule has 0 atom stereocenters. The van der Waals surface area contributed by atoms with Crippen LogP contribution in [0.3, 0.4) is 0 Å². The molecule has 0 unspecified atom stereocenters. The standard InChI is InChI=1S/C22H18ClN3OS/c1-28-16-8-6-7-15(13-16)24-21(27)14-26-20-12-5-4-11-19(20)25-22(26)17-9-2-3-10-18(17)23/h2-13H,14H2,1H3,(H,24,27). The number of aromatic nitrogens is 2. The minimum absolute atomic E-state index is 0.116. The highest BCUT2D eigenvalue weighted by atomic mass is 35.5. The van der Waals surface area contributed by atoms with Crippen LogP contribution >= 0.6 is 23.4 Å². The molecule has 0 saturated heterocycles. The minimum atomic E-state index is -0.116. The van der Waals surface area contributed by atoms with Crippen LogP contribution in [0.25, 0.3) is 22.4 Å². The van der Waals surface area contributed by atoms with E-state index in [1.807, 2.05) is 83.6 Å². The Labute approximate surface area is 172 Å². The fourth-order valence-electron chi connectivity index (χ4n) is 3.13. The number of para-hydroxylation sites is 2. The number of rotatable bonds is 5. The average molecular weight is 408 g/mol. The number of thioether (sulfide) groups is 1. The summed E-state index contributed by atoms with van der Waals surface area (Å²) in [7, 11) is 0. The second-order valence-corrected chi connectivity index (χ2v) is 7.56. The Bertz CT molecular complexity index is 1160. The van der Waals surface area contributed by atoms with Gasteiger partial charge in [-0.3, -0.25) is 4.79 Å². The van der Waals surface area contributed by atoms with Gasteiger partial charge >= 0.3 is 0 Å². The zero-order valence-electron chi connectivity index (χ0n) is 15.2. The Morgan fingerprint density at radius 1 is 1.07 bits per heavy atom. The molecule has 28 heavy (non-hydrogen) atoms. The van der Waals surface area contributed by atoms with E-state index in [4.69, 9.17) is 16.6 Å². The molecular formula is C22H18ClN3OS. The molecule has 4 nitrogen and oxygen atoms in total. The Morgan fingerprint density at radius 3 is 2.68 bits per heavy atom. The first-order valence-electron chi connectivity index (χ1n) is 8.80. The average Bonchev–Trinajstić information content (AvgIpc) is 3.06. The molecule has 0 aliphatic heterocycles. The van der Waals surface area contributed by atoms with Gasteiger partial charge in [-0.05, 0) is 48.7 Å². The SMILES string of the molecule is CSc1cccc(NC(=O)Cn2c(-c3ccccc3Cl)nc3ccccc32)c1. The highest BCUT2D eigenvalue weighted by Crippen LogP contribution is 2.30. The smallest absolute Gasteiger partial charge is 0.244 e. The molecule has 0 aliphatic rings. The van der Waals surface area contributed by atoms with Crippen LogP contribution in [0, 0.1) is 0 Å². The van der Waals surface area contributed by atoms with Crippen molar-refractivity contribution in [2.45, 2.75) is 11.4 Å². The summed E-state index contributed by atoms with van der Waals surface area (Å²) in [6.45, 7) is 0.143. The number of hydrogen-bond donors (Lipinski definition) is 1. The number of fused-ring (bicyclic) bond motifs is 1. The molecule has 4 aromatic rings. The molecule has 4 rings (SSSR count). The summed E-state index contributed by atoms with van der Waals surface area (Å²) in [6.07, 6.45) is 2.01. The third-order valence-electron chi connectivity index (χ3n) is 4.42. The van der Waals surface area contributed by atoms with Gasteiger partial charge in [-0.15, -0.1) is 11.8 Å². The Kier molecular flexibility index (Phi) is 5.37. The molecule has 140 valence electrons. The number of halogens is 1. The first-order chi connectivity index (χ1) is 13.7. The van der Waals surface area contributed by atoms with Gasteiger partial charge in [0.25, 0.3) is 0 Å². The number of carbonyl (C=O) groups excluding carboxylic acids is 1. The Hall–Kier alpha value is -2.76. The van der Waals surface area contributed by atoms with Crippen molar-refractivity contribution < 1.29 is 4.79 Å². The number of imidazole rings is 1. The van der Waals surface area contributed by atoms with E-state index in [1.165, 1.54) is 0 Å². The van der Waals surface area contributed by atoms with Crippen LogP contribution in [0.15, 0.2) is 77.7 Å². The van der Waals surface area contributed by atoms with Gasteiger partial charge in [0.05, 0.1) is 16.1 Å². The topological polar surface area (TPSA) is 46.9 Å². The van der Waals surface area contributed by atoms with Crippen LogP contribution in [-0.2, 0) is 11.3 Å². The third-order valence-corrected chi connectivity index (χ3v) is 5.48. The maximum Gasteiger partial charge on any atom is 0.244 e. The second kappa shape index (κ2) is 8.09. The van der Waals surface area contributed by atoms with Gasteiger partial charge in [-0.25, -0.2) is 4.98 Å². The van der Waals surface area contributed by atoms with Crippen LogP contribution in [-0.4, -0.2) is 21.7 Å². The fraction of sp³-hybridized carbons (Fsp3) is 0.0909. The van der Waals surface area contributed by atoms with E-state index in [9.17, 15) is 4.79 Å². The lowest BCUT2D eigenvalue weighted by Crippen LogP contribution is -2.19. The summed E-state index contributed by atoms with van der Waals surface area (Å²) in [5.41, 5.74) is 3.30. The number of nitrogens with zero attached hydrogens (tertiary/aromatic N) is 2. The predicted molar refractivity (Wildman–Crippen MR) is 117 cm³/mol. The van der Waals surface area contributed by atoms with Gasteiger partial charge in [-0.2, -0.15) is 0 Å². The van der Waals surface area contributed by atoms with Gasteiger partial charge in [0.2, 0.25) is 5.91 Å². The first-order valence-corrected chi connectivity index (χ1v) is 10.4. The van der Waals surface area contributed by atoms with Crippen molar-refractivity contribution in [1.82, 2.24) is 9.55 Å². The number of amides is 1. The molecule has 1 N–H and O–H groups in total. The molecule has 3 aromatic carbocycles. The van der Waals surface area contributed by atoms with Gasteiger partial charge in [0.1, 0.15) is 12.4 Å². The molecule has 0 aliphatic carbocycles. The van der Waals surface area contributed by atoms with Crippen LogP contribution in [0.2, 0.25) is 5.02 Å². The van der Waals surface area contributed by atoms with Gasteiger partial charge in [0, 0.05) is 16.1 Å². The van der Waals surface area contributed by atoms with Gasteiger partial charge in [0.15, 0.2) is 0 Å². The molecule has 1 aromatic heterocycles. The van der Waals surface area contributed by atoms with Crippen molar-refractivity contribution in [2.24, 2.45) is 0 Å². The van der Waals surface area contributed by atoms with E-state index < -0.39 is 0 Å². The molecule has 1 amide bonds. The second-order valence-electron chi connectivity index (χ2n) is 6.27. The predicted octanol–water partition coefficient (Wildman–Crippen LogP) is 5.72. The normalized spacial score (nSPS) is 10.9. The van der Waals surface area contributed by atoms with Gasteiger partial charge in [-0.1, -0.05) is 41.9 Å². The highest BCUT2D eigenvalue weighted by molar-refractivity contribution is 7.98. The summed E-state index contributed by atoms with van der Waals surface area (Å²) < 4.78 is 1.91. The lowest BCUT2D eigenvalue weighted by molar-refractivity contribution is -0.116. The van der Waals surface area contributed by atoms with Crippen molar-refractivity contribution in [1.29, 1.82) is 0 Å². The van der Waals surface area contributed by atoms with E-state index in [2.05, 4.69) is 5.32 Å². The van der Waals surface area contributed by atoms with E-state index in [0.29, 0.717) is 10.8 Å².